The van der Waals surface area contributed by atoms with Gasteiger partial charge in [0.05, 0.1) is 4.75 Å². The molecule has 0 saturated carbocycles. The second-order valence-electron chi connectivity index (χ2n) is 7.83. The Hall–Kier alpha value is -1.89. The Morgan fingerprint density at radius 1 is 1.11 bits per heavy atom. The van der Waals surface area contributed by atoms with Crippen LogP contribution in [0.4, 0.5) is 0 Å². The van der Waals surface area contributed by atoms with Crippen LogP contribution in [-0.4, -0.2) is 69.1 Å². The molecule has 148 valence electrons. The molecule has 3 rings (SSSR count). The lowest BCUT2D eigenvalue weighted by molar-refractivity contribution is -0.141. The Morgan fingerprint density at radius 2 is 1.78 bits per heavy atom. The van der Waals surface area contributed by atoms with Crippen LogP contribution >= 0.6 is 0 Å². The average Bonchev–Trinajstić information content (AvgIpc) is 2.68. The van der Waals surface area contributed by atoms with Crippen molar-refractivity contribution in [2.24, 2.45) is 5.92 Å². The largest absolute Gasteiger partial charge is 0.484 e. The topological polar surface area (TPSA) is 66.9 Å². The molecule has 2 saturated heterocycles. The number of ether oxygens (including phenoxy) is 1. The van der Waals surface area contributed by atoms with Crippen LogP contribution in [0.15, 0.2) is 30.3 Å². The standard InChI is InChI=1S/C20H28N2O4S/c1-20(2)15-22(12-13-27(20)25)19(24)16-8-10-21(11-9-16)18(23)14-26-17-6-4-3-5-7-17/h3-7,16H,8-15H2,1-2H3/t27-/m1/s1. The van der Waals surface area contributed by atoms with Crippen molar-refractivity contribution < 1.29 is 18.5 Å². The molecule has 1 atom stereocenters. The minimum Gasteiger partial charge on any atom is -0.484 e. The second-order valence-corrected chi connectivity index (χ2v) is 10.0. The van der Waals surface area contributed by atoms with E-state index in [9.17, 15) is 13.8 Å². The molecular weight excluding hydrogens is 364 g/mol. The van der Waals surface area contributed by atoms with Crippen LogP contribution < -0.4 is 4.74 Å². The molecule has 2 aliphatic rings. The normalized spacial score (nSPS) is 23.1. The van der Waals surface area contributed by atoms with E-state index in [1.165, 1.54) is 0 Å². The lowest BCUT2D eigenvalue weighted by Gasteiger charge is -2.40. The Bertz CT molecular complexity index is 699. The van der Waals surface area contributed by atoms with E-state index in [0.717, 1.165) is 0 Å². The Morgan fingerprint density at radius 3 is 2.41 bits per heavy atom. The van der Waals surface area contributed by atoms with Gasteiger partial charge in [0.2, 0.25) is 5.91 Å². The van der Waals surface area contributed by atoms with E-state index < -0.39 is 10.8 Å². The van der Waals surface area contributed by atoms with Gasteiger partial charge >= 0.3 is 0 Å². The summed E-state index contributed by atoms with van der Waals surface area (Å²) in [5.74, 6) is 1.28. The summed E-state index contributed by atoms with van der Waals surface area (Å²) in [5.41, 5.74) is 0. The van der Waals surface area contributed by atoms with Crippen molar-refractivity contribution in [1.82, 2.24) is 9.80 Å². The zero-order chi connectivity index (χ0) is 19.4. The Kier molecular flexibility index (Phi) is 6.19. The molecule has 6 nitrogen and oxygen atoms in total. The fourth-order valence-corrected chi connectivity index (χ4v) is 4.89. The van der Waals surface area contributed by atoms with E-state index in [0.29, 0.717) is 50.5 Å². The van der Waals surface area contributed by atoms with E-state index in [4.69, 9.17) is 4.74 Å². The molecule has 27 heavy (non-hydrogen) atoms. The third-order valence-corrected chi connectivity index (χ3v) is 7.26. The van der Waals surface area contributed by atoms with Crippen LogP contribution in [0, 0.1) is 5.92 Å². The number of piperidine rings is 1. The van der Waals surface area contributed by atoms with Gasteiger partial charge in [-0.05, 0) is 38.8 Å². The highest BCUT2D eigenvalue weighted by atomic mass is 32.2. The van der Waals surface area contributed by atoms with E-state index in [2.05, 4.69) is 0 Å². The molecule has 0 aromatic heterocycles. The number of nitrogens with zero attached hydrogens (tertiary/aromatic N) is 2. The zero-order valence-electron chi connectivity index (χ0n) is 16.1. The third kappa shape index (κ3) is 4.89. The first kappa shape index (κ1) is 19.9. The van der Waals surface area contributed by atoms with Crippen LogP contribution in [0.25, 0.3) is 0 Å². The number of hydrogen-bond acceptors (Lipinski definition) is 4. The molecule has 2 fully saturated rings. The van der Waals surface area contributed by atoms with Crippen molar-refractivity contribution in [3.63, 3.8) is 0 Å². The fraction of sp³-hybridized carbons (Fsp3) is 0.600. The summed E-state index contributed by atoms with van der Waals surface area (Å²) in [7, 11) is -0.884. The van der Waals surface area contributed by atoms with Gasteiger partial charge in [-0.25, -0.2) is 0 Å². The van der Waals surface area contributed by atoms with Gasteiger partial charge in [0.25, 0.3) is 5.91 Å². The number of benzene rings is 1. The number of carbonyl (C=O) groups is 2. The predicted molar refractivity (Wildman–Crippen MR) is 105 cm³/mol. The average molecular weight is 393 g/mol. The lowest BCUT2D eigenvalue weighted by Crippen LogP contribution is -2.54. The van der Waals surface area contributed by atoms with Gasteiger partial charge in [-0.1, -0.05) is 18.2 Å². The molecule has 0 aliphatic carbocycles. The fourth-order valence-electron chi connectivity index (χ4n) is 3.66. The van der Waals surface area contributed by atoms with Crippen molar-refractivity contribution in [2.75, 3.05) is 38.5 Å². The minimum atomic E-state index is -0.884. The maximum absolute atomic E-state index is 12.8. The van der Waals surface area contributed by atoms with Crippen LogP contribution in [0.2, 0.25) is 0 Å². The summed E-state index contributed by atoms with van der Waals surface area (Å²) < 4.78 is 17.2. The summed E-state index contributed by atoms with van der Waals surface area (Å²) in [6.45, 7) is 6.20. The minimum absolute atomic E-state index is 0.0226. The van der Waals surface area contributed by atoms with Crippen LogP contribution in [0.1, 0.15) is 26.7 Å². The molecule has 1 aromatic carbocycles. The quantitative estimate of drug-likeness (QED) is 0.782. The molecule has 2 aliphatic heterocycles. The van der Waals surface area contributed by atoms with Gasteiger partial charge in [-0.15, -0.1) is 0 Å². The van der Waals surface area contributed by atoms with Gasteiger partial charge < -0.3 is 14.5 Å². The summed E-state index contributed by atoms with van der Waals surface area (Å²) in [5, 5.41) is 0. The summed E-state index contributed by atoms with van der Waals surface area (Å²) in [4.78, 5) is 28.8. The van der Waals surface area contributed by atoms with Gasteiger partial charge in [0, 0.05) is 48.6 Å². The van der Waals surface area contributed by atoms with Crippen molar-refractivity contribution in [1.29, 1.82) is 0 Å². The maximum atomic E-state index is 12.8. The smallest absolute Gasteiger partial charge is 0.260 e. The number of amides is 2. The van der Waals surface area contributed by atoms with Crippen molar-refractivity contribution >= 4 is 22.6 Å². The summed E-state index contributed by atoms with van der Waals surface area (Å²) >= 11 is 0. The van der Waals surface area contributed by atoms with E-state index in [1.807, 2.05) is 49.1 Å². The van der Waals surface area contributed by atoms with Gasteiger partial charge in [0.1, 0.15) is 5.75 Å². The molecule has 0 unspecified atom stereocenters. The first-order valence-corrected chi connectivity index (χ1v) is 10.8. The number of hydrogen-bond donors (Lipinski definition) is 0. The van der Waals surface area contributed by atoms with Gasteiger partial charge in [0.15, 0.2) is 6.61 Å². The molecule has 7 heteroatoms. The summed E-state index contributed by atoms with van der Waals surface area (Å²) in [6, 6.07) is 9.29. The first-order valence-electron chi connectivity index (χ1n) is 9.50. The Labute approximate surface area is 163 Å². The lowest BCUT2D eigenvalue weighted by atomic mass is 9.94. The number of rotatable bonds is 4. The maximum Gasteiger partial charge on any atom is 0.260 e. The summed E-state index contributed by atoms with van der Waals surface area (Å²) in [6.07, 6.45) is 1.35. The number of likely N-dealkylation sites (tertiary alicyclic amines) is 1. The molecule has 0 N–H and O–H groups in total. The third-order valence-electron chi connectivity index (χ3n) is 5.35. The van der Waals surface area contributed by atoms with E-state index >= 15 is 0 Å². The Balaban J connectivity index is 1.46. The number of carbonyl (C=O) groups excluding carboxylic acids is 2. The first-order chi connectivity index (χ1) is 12.9. The van der Waals surface area contributed by atoms with Crippen molar-refractivity contribution in [3.8, 4) is 5.75 Å². The SMILES string of the molecule is CC1(C)CN(C(=O)C2CCN(C(=O)COc3ccccc3)CC2)CC[S@]1=O. The molecular formula is C20H28N2O4S. The zero-order valence-corrected chi connectivity index (χ0v) is 16.9. The molecule has 2 amide bonds. The molecule has 0 radical (unpaired) electrons. The second kappa shape index (κ2) is 8.42. The predicted octanol–water partition coefficient (Wildman–Crippen LogP) is 1.67. The number of para-hydroxylation sites is 1. The monoisotopic (exact) mass is 392 g/mol. The van der Waals surface area contributed by atoms with Gasteiger partial charge in [-0.2, -0.15) is 0 Å². The molecule has 0 bridgehead atoms. The van der Waals surface area contributed by atoms with E-state index in [-0.39, 0.29) is 29.1 Å². The molecule has 2 heterocycles. The van der Waals surface area contributed by atoms with Crippen LogP contribution in [0.3, 0.4) is 0 Å². The highest BCUT2D eigenvalue weighted by Gasteiger charge is 2.38. The van der Waals surface area contributed by atoms with Crippen LogP contribution in [0.5, 0.6) is 5.75 Å². The van der Waals surface area contributed by atoms with Gasteiger partial charge in [-0.3, -0.25) is 13.8 Å². The van der Waals surface area contributed by atoms with Crippen molar-refractivity contribution in [3.05, 3.63) is 30.3 Å². The van der Waals surface area contributed by atoms with Crippen molar-refractivity contribution in [2.45, 2.75) is 31.4 Å². The highest BCUT2D eigenvalue weighted by Crippen LogP contribution is 2.25. The van der Waals surface area contributed by atoms with Crippen LogP contribution in [-0.2, 0) is 20.4 Å². The molecule has 0 spiro atoms. The molecule has 1 aromatic rings. The van der Waals surface area contributed by atoms with E-state index in [1.54, 1.807) is 4.90 Å². The highest BCUT2D eigenvalue weighted by molar-refractivity contribution is 7.86.